The first-order valence-corrected chi connectivity index (χ1v) is 5.66. The second kappa shape index (κ2) is 3.67. The maximum Gasteiger partial charge on any atom is 0.110 e. The second-order valence-corrected chi connectivity index (χ2v) is 4.13. The van der Waals surface area contributed by atoms with Crippen LogP contribution in [-0.2, 0) is 0 Å². The van der Waals surface area contributed by atoms with Gasteiger partial charge in [-0.25, -0.2) is 0 Å². The fourth-order valence-corrected chi connectivity index (χ4v) is 2.23. The Kier molecular flexibility index (Phi) is 2.15. The van der Waals surface area contributed by atoms with E-state index in [1.807, 2.05) is 25.2 Å². The van der Waals surface area contributed by atoms with Crippen molar-refractivity contribution in [2.24, 2.45) is 0 Å². The quantitative estimate of drug-likeness (QED) is 0.725. The summed E-state index contributed by atoms with van der Waals surface area (Å²) in [4.78, 5) is 4.29. The minimum Gasteiger partial charge on any atom is -0.329 e. The zero-order chi connectivity index (χ0) is 11.8. The molecule has 0 saturated carbocycles. The zero-order valence-electron chi connectivity index (χ0n) is 9.80. The molecule has 0 N–H and O–H groups in total. The van der Waals surface area contributed by atoms with Crippen LogP contribution in [0.3, 0.4) is 0 Å². The molecule has 0 atom stereocenters. The van der Waals surface area contributed by atoms with Gasteiger partial charge in [-0.05, 0) is 24.3 Å². The summed E-state index contributed by atoms with van der Waals surface area (Å²) in [5, 5.41) is 0. The van der Waals surface area contributed by atoms with Crippen LogP contribution in [0.25, 0.3) is 0 Å². The topological polar surface area (TPSA) is 6.48 Å². The van der Waals surface area contributed by atoms with Crippen molar-refractivity contribution in [2.75, 3.05) is 16.8 Å². The van der Waals surface area contributed by atoms with Gasteiger partial charge in [0.15, 0.2) is 0 Å². The number of nitrogens with zero attached hydrogens (tertiary/aromatic N) is 2. The van der Waals surface area contributed by atoms with Crippen molar-refractivity contribution in [1.82, 2.24) is 0 Å². The average molecular weight is 222 g/mol. The molecule has 2 nitrogen and oxygen atoms in total. The highest BCUT2D eigenvalue weighted by molar-refractivity contribution is 5.87. The third-order valence-electron chi connectivity index (χ3n) is 3.14. The fourth-order valence-electron chi connectivity index (χ4n) is 2.23. The van der Waals surface area contributed by atoms with Crippen LogP contribution in [0.1, 0.15) is 0 Å². The SMILES string of the molecule is C=C1N(C)c2ccccc2N1c1ccccc1. The van der Waals surface area contributed by atoms with Crippen LogP contribution in [0.5, 0.6) is 0 Å². The van der Waals surface area contributed by atoms with E-state index in [0.29, 0.717) is 0 Å². The van der Waals surface area contributed by atoms with Crippen molar-refractivity contribution in [1.29, 1.82) is 0 Å². The van der Waals surface area contributed by atoms with Crippen molar-refractivity contribution in [3.63, 3.8) is 0 Å². The summed E-state index contributed by atoms with van der Waals surface area (Å²) in [7, 11) is 2.05. The Morgan fingerprint density at radius 3 is 2.12 bits per heavy atom. The number of fused-ring (bicyclic) bond motifs is 1. The molecular weight excluding hydrogens is 208 g/mol. The van der Waals surface area contributed by atoms with E-state index in [9.17, 15) is 0 Å². The molecule has 0 amide bonds. The molecule has 0 saturated heterocycles. The number of hydrogen-bond acceptors (Lipinski definition) is 2. The Balaban J connectivity index is 2.16. The lowest BCUT2D eigenvalue weighted by molar-refractivity contribution is 1.09. The minimum absolute atomic E-state index is 0.984. The highest BCUT2D eigenvalue weighted by Crippen LogP contribution is 2.43. The van der Waals surface area contributed by atoms with Gasteiger partial charge in [-0.2, -0.15) is 0 Å². The van der Waals surface area contributed by atoms with Crippen molar-refractivity contribution < 1.29 is 0 Å². The van der Waals surface area contributed by atoms with Crippen LogP contribution in [-0.4, -0.2) is 7.05 Å². The van der Waals surface area contributed by atoms with E-state index < -0.39 is 0 Å². The van der Waals surface area contributed by atoms with Crippen molar-refractivity contribution in [3.8, 4) is 0 Å². The summed E-state index contributed by atoms with van der Waals surface area (Å²) < 4.78 is 0. The third-order valence-corrected chi connectivity index (χ3v) is 3.14. The maximum absolute atomic E-state index is 4.16. The monoisotopic (exact) mass is 222 g/mol. The molecule has 2 aromatic carbocycles. The van der Waals surface area contributed by atoms with Gasteiger partial charge in [-0.3, -0.25) is 4.90 Å². The van der Waals surface area contributed by atoms with Gasteiger partial charge in [0, 0.05) is 12.7 Å². The van der Waals surface area contributed by atoms with Gasteiger partial charge in [-0.1, -0.05) is 36.9 Å². The second-order valence-electron chi connectivity index (χ2n) is 4.13. The van der Waals surface area contributed by atoms with Crippen LogP contribution in [0.2, 0.25) is 0 Å². The van der Waals surface area contributed by atoms with Crippen molar-refractivity contribution in [2.45, 2.75) is 0 Å². The van der Waals surface area contributed by atoms with E-state index in [1.54, 1.807) is 0 Å². The molecule has 0 aromatic heterocycles. The first-order chi connectivity index (χ1) is 8.29. The molecular formula is C15H14N2. The molecule has 1 aliphatic rings. The first-order valence-electron chi connectivity index (χ1n) is 5.66. The number of rotatable bonds is 1. The van der Waals surface area contributed by atoms with E-state index in [0.717, 1.165) is 11.5 Å². The van der Waals surface area contributed by atoms with E-state index in [2.05, 4.69) is 52.8 Å². The average Bonchev–Trinajstić information content (AvgIpc) is 2.64. The summed E-state index contributed by atoms with van der Waals surface area (Å²) in [6, 6.07) is 18.7. The van der Waals surface area contributed by atoms with Gasteiger partial charge >= 0.3 is 0 Å². The number of benzene rings is 2. The largest absolute Gasteiger partial charge is 0.329 e. The number of hydrogen-bond donors (Lipinski definition) is 0. The summed E-state index contributed by atoms with van der Waals surface area (Å²) in [6.07, 6.45) is 0. The fraction of sp³-hybridized carbons (Fsp3) is 0.0667. The van der Waals surface area contributed by atoms with Gasteiger partial charge in [0.2, 0.25) is 0 Å². The predicted octanol–water partition coefficient (Wildman–Crippen LogP) is 3.75. The lowest BCUT2D eigenvalue weighted by Crippen LogP contribution is -2.20. The Hall–Kier alpha value is -2.22. The predicted molar refractivity (Wildman–Crippen MR) is 72.6 cm³/mol. The number of anilines is 3. The Bertz CT molecular complexity index is 560. The van der Waals surface area contributed by atoms with Gasteiger partial charge in [0.1, 0.15) is 5.82 Å². The standard InChI is InChI=1S/C15H14N2/c1-12-16(2)14-10-6-7-11-15(14)17(12)13-8-4-3-5-9-13/h3-11H,1H2,2H3. The molecule has 17 heavy (non-hydrogen) atoms. The van der Waals surface area contributed by atoms with Crippen molar-refractivity contribution >= 4 is 17.1 Å². The third kappa shape index (κ3) is 1.41. The van der Waals surface area contributed by atoms with Crippen LogP contribution < -0.4 is 9.80 Å². The normalized spacial score (nSPS) is 14.1. The Morgan fingerprint density at radius 1 is 0.824 bits per heavy atom. The highest BCUT2D eigenvalue weighted by atomic mass is 15.4. The zero-order valence-corrected chi connectivity index (χ0v) is 9.80. The lowest BCUT2D eigenvalue weighted by atomic mass is 10.2. The molecule has 0 spiro atoms. The molecule has 84 valence electrons. The van der Waals surface area contributed by atoms with E-state index in [4.69, 9.17) is 0 Å². The molecule has 0 unspecified atom stereocenters. The van der Waals surface area contributed by atoms with Crippen LogP contribution in [0.4, 0.5) is 17.1 Å². The summed E-state index contributed by atoms with van der Waals surface area (Å²) >= 11 is 0. The summed E-state index contributed by atoms with van der Waals surface area (Å²) in [6.45, 7) is 4.16. The first kappa shape index (κ1) is 9.97. The Morgan fingerprint density at radius 2 is 1.41 bits per heavy atom. The molecule has 0 bridgehead atoms. The van der Waals surface area contributed by atoms with E-state index in [-0.39, 0.29) is 0 Å². The molecule has 1 aliphatic heterocycles. The van der Waals surface area contributed by atoms with Gasteiger partial charge < -0.3 is 4.90 Å². The molecule has 1 heterocycles. The Labute approximate surface area is 101 Å². The van der Waals surface area contributed by atoms with Gasteiger partial charge in [0.05, 0.1) is 11.4 Å². The molecule has 0 aliphatic carbocycles. The highest BCUT2D eigenvalue weighted by Gasteiger charge is 2.27. The molecule has 0 radical (unpaired) electrons. The van der Waals surface area contributed by atoms with Crippen LogP contribution in [0, 0.1) is 0 Å². The summed E-state index contributed by atoms with van der Waals surface area (Å²) in [5.74, 6) is 0.984. The van der Waals surface area contributed by atoms with Gasteiger partial charge in [0.25, 0.3) is 0 Å². The van der Waals surface area contributed by atoms with E-state index >= 15 is 0 Å². The molecule has 2 heteroatoms. The smallest absolute Gasteiger partial charge is 0.110 e. The number of para-hydroxylation sites is 3. The van der Waals surface area contributed by atoms with E-state index in [1.165, 1.54) is 11.4 Å². The van der Waals surface area contributed by atoms with Gasteiger partial charge in [-0.15, -0.1) is 0 Å². The van der Waals surface area contributed by atoms with Crippen LogP contribution in [0.15, 0.2) is 67.0 Å². The minimum atomic E-state index is 0.984. The molecule has 0 fully saturated rings. The maximum atomic E-state index is 4.16. The molecule has 2 aromatic rings. The van der Waals surface area contributed by atoms with Crippen LogP contribution >= 0.6 is 0 Å². The lowest BCUT2D eigenvalue weighted by Gasteiger charge is -2.21. The van der Waals surface area contributed by atoms with Crippen molar-refractivity contribution in [3.05, 3.63) is 67.0 Å². The summed E-state index contributed by atoms with van der Waals surface area (Å²) in [5.41, 5.74) is 3.53. The molecule has 3 rings (SSSR count).